The summed E-state index contributed by atoms with van der Waals surface area (Å²) in [4.78, 5) is 82.1. The summed E-state index contributed by atoms with van der Waals surface area (Å²) in [5.74, 6) is -5.50. The average molecular weight is 945 g/mol. The van der Waals surface area contributed by atoms with Gasteiger partial charge in [-0.2, -0.15) is 0 Å². The smallest absolute Gasteiger partial charge is 0.462 e. The van der Waals surface area contributed by atoms with E-state index in [9.17, 15) is 33.9 Å². The van der Waals surface area contributed by atoms with Gasteiger partial charge in [0.2, 0.25) is 0 Å². The van der Waals surface area contributed by atoms with Crippen LogP contribution in [-0.2, 0) is 47.5 Å². The van der Waals surface area contributed by atoms with Crippen LogP contribution in [0.2, 0.25) is 0 Å². The summed E-state index contributed by atoms with van der Waals surface area (Å²) in [5.41, 5.74) is -2.06. The Bertz CT molecular complexity index is 2390. The van der Waals surface area contributed by atoms with E-state index in [1.807, 2.05) is 13.8 Å². The van der Waals surface area contributed by atoms with Gasteiger partial charge in [-0.3, -0.25) is 14.4 Å². The Hall–Kier alpha value is -5.58. The van der Waals surface area contributed by atoms with Crippen LogP contribution >= 0.6 is 15.9 Å². The maximum Gasteiger partial charge on any atom is 0.509 e. The molecule has 0 spiro atoms. The number of amides is 1. The molecule has 338 valence electrons. The fraction of sp³-hybridized carbons (Fsp3) is 0.458. The molecule has 1 amide bonds. The molecule has 2 N–H and O–H groups in total. The number of ether oxygens (including phenoxy) is 7. The Morgan fingerprint density at radius 2 is 1.52 bits per heavy atom. The number of nitrogens with one attached hydrogen (secondary N) is 1. The summed E-state index contributed by atoms with van der Waals surface area (Å²) in [6.45, 7) is 9.69. The first-order valence-electron chi connectivity index (χ1n) is 21.2. The van der Waals surface area contributed by atoms with Crippen LogP contribution in [-0.4, -0.2) is 96.0 Å². The van der Waals surface area contributed by atoms with Crippen molar-refractivity contribution in [2.24, 2.45) is 22.7 Å². The van der Waals surface area contributed by atoms with Crippen LogP contribution in [0.5, 0.6) is 0 Å². The highest BCUT2D eigenvalue weighted by Gasteiger charge is 2.78. The van der Waals surface area contributed by atoms with Crippen LogP contribution in [0.4, 0.5) is 4.79 Å². The quantitative estimate of drug-likeness (QED) is 0.129. The lowest BCUT2D eigenvalue weighted by Crippen LogP contribution is -2.80. The van der Waals surface area contributed by atoms with Crippen molar-refractivity contribution in [3.05, 3.63) is 117 Å². The Labute approximate surface area is 378 Å². The van der Waals surface area contributed by atoms with Crippen molar-refractivity contribution >= 4 is 51.9 Å². The van der Waals surface area contributed by atoms with Crippen molar-refractivity contribution in [1.82, 2.24) is 5.32 Å². The van der Waals surface area contributed by atoms with E-state index < -0.39 is 113 Å². The Balaban J connectivity index is 1.26. The molecule has 5 aliphatic rings. The number of aliphatic hydroxyl groups excluding tert-OH is 1. The van der Waals surface area contributed by atoms with E-state index in [0.29, 0.717) is 21.2 Å². The SMILES string of the molecule is CC(=O)O[C@H]1C[C@H]2OC[C@@]2(OC(C)=O)[C@H]2[C@H](OC(=O)c3ccccc3)C3C[C@H](OC(=O)[C@H](O)[C@@H](NC(=O)c4cccc(Br)c4)c4ccccc4)C(C)=C([C@H]4OC(=O)O[C@@H]4[C@]12C)C3(C)C. The van der Waals surface area contributed by atoms with Gasteiger partial charge in [-0.05, 0) is 65.8 Å². The predicted molar refractivity (Wildman–Crippen MR) is 228 cm³/mol. The molecule has 12 atom stereocenters. The Morgan fingerprint density at radius 3 is 2.14 bits per heavy atom. The molecule has 0 aromatic heterocycles. The monoisotopic (exact) mass is 943 g/mol. The van der Waals surface area contributed by atoms with Gasteiger partial charge in [-0.25, -0.2) is 14.4 Å². The van der Waals surface area contributed by atoms with E-state index in [2.05, 4.69) is 21.2 Å². The zero-order valence-electron chi connectivity index (χ0n) is 36.1. The van der Waals surface area contributed by atoms with Crippen LogP contribution in [0.1, 0.15) is 86.7 Å². The second kappa shape index (κ2) is 17.1. The highest BCUT2D eigenvalue weighted by Crippen LogP contribution is 2.66. The number of carbonyl (C=O) groups excluding carboxylic acids is 6. The maximum atomic E-state index is 14.4. The summed E-state index contributed by atoms with van der Waals surface area (Å²) >= 11 is 3.38. The van der Waals surface area contributed by atoms with Gasteiger partial charge in [0.15, 0.2) is 23.9 Å². The van der Waals surface area contributed by atoms with Gasteiger partial charge in [0.05, 0.1) is 29.5 Å². The lowest BCUT2D eigenvalue weighted by atomic mass is 9.45. The van der Waals surface area contributed by atoms with E-state index in [-0.39, 0.29) is 30.6 Å². The third-order valence-corrected chi connectivity index (χ3v) is 14.5. The van der Waals surface area contributed by atoms with Gasteiger partial charge >= 0.3 is 30.0 Å². The van der Waals surface area contributed by atoms with Gasteiger partial charge in [0, 0.05) is 36.2 Å². The molecular formula is C48H50BrNO14. The van der Waals surface area contributed by atoms with E-state index >= 15 is 0 Å². The number of hydrogen-bond acceptors (Lipinski definition) is 14. The minimum absolute atomic E-state index is 0.00733. The zero-order valence-corrected chi connectivity index (χ0v) is 37.7. The number of esters is 4. The van der Waals surface area contributed by atoms with Crippen molar-refractivity contribution in [3.63, 3.8) is 0 Å². The molecule has 3 aromatic rings. The number of halogens is 1. The molecule has 4 fully saturated rings. The van der Waals surface area contributed by atoms with Crippen molar-refractivity contribution in [1.29, 1.82) is 0 Å². The molecule has 2 aliphatic heterocycles. The minimum Gasteiger partial charge on any atom is -0.462 e. The average Bonchev–Trinajstić information content (AvgIpc) is 3.63. The van der Waals surface area contributed by atoms with E-state index in [0.717, 1.165) is 0 Å². The molecule has 2 heterocycles. The molecule has 16 heteroatoms. The fourth-order valence-corrected chi connectivity index (χ4v) is 11.5. The topological polar surface area (TPSA) is 199 Å². The molecule has 2 saturated heterocycles. The van der Waals surface area contributed by atoms with Gasteiger partial charge in [0.25, 0.3) is 5.91 Å². The first-order chi connectivity index (χ1) is 30.4. The van der Waals surface area contributed by atoms with E-state index in [1.165, 1.54) is 13.8 Å². The summed E-state index contributed by atoms with van der Waals surface area (Å²) < 4.78 is 44.3. The molecule has 3 aliphatic carbocycles. The van der Waals surface area contributed by atoms with Crippen LogP contribution in [0.3, 0.4) is 0 Å². The third kappa shape index (κ3) is 7.76. The molecular weight excluding hydrogens is 894 g/mol. The summed E-state index contributed by atoms with van der Waals surface area (Å²) in [5, 5.41) is 14.7. The van der Waals surface area contributed by atoms with Crippen molar-refractivity contribution < 1.29 is 67.0 Å². The summed E-state index contributed by atoms with van der Waals surface area (Å²) in [7, 11) is 0. The highest BCUT2D eigenvalue weighted by molar-refractivity contribution is 9.10. The summed E-state index contributed by atoms with van der Waals surface area (Å²) in [6.07, 6.45) is -9.51. The standard InChI is InChI=1S/C48H50BrNO14/c1-24-32(60-44(56)37(53)36(27-14-9-7-10-15-27)50-42(54)29-18-13-19-30(49)20-29)21-31-38(61-43(55)28-16-11-8-12-17-28)40-47(6,41-39(62-45(57)63-41)35(24)46(31,4)5)33(59-25(2)51)22-34-48(40,23-58-34)64-26(3)52/h7-20,31-34,36-41,53H,21-23H2,1-6H3,(H,50,54)/t31?,32-,33-,34+,36-,37+,38+,39+,40-,41-,47+,48-/m0/s1. The summed E-state index contributed by atoms with van der Waals surface area (Å²) in [6, 6.07) is 22.2. The molecule has 64 heavy (non-hydrogen) atoms. The Morgan fingerprint density at radius 1 is 0.844 bits per heavy atom. The fourth-order valence-electron chi connectivity index (χ4n) is 11.1. The van der Waals surface area contributed by atoms with Crippen molar-refractivity contribution in [3.8, 4) is 0 Å². The van der Waals surface area contributed by atoms with Crippen molar-refractivity contribution in [2.75, 3.05) is 6.61 Å². The van der Waals surface area contributed by atoms with E-state index in [1.54, 1.807) is 98.8 Å². The first kappa shape index (κ1) is 45.0. The predicted octanol–water partition coefficient (Wildman–Crippen LogP) is 6.36. The Kier molecular flexibility index (Phi) is 12.0. The third-order valence-electron chi connectivity index (χ3n) is 14.0. The molecule has 1 unspecified atom stereocenters. The molecule has 2 bridgehead atoms. The number of fused-ring (bicyclic) bond motifs is 8. The van der Waals surface area contributed by atoms with Gasteiger partial charge in [-0.15, -0.1) is 0 Å². The molecule has 3 aromatic carbocycles. The van der Waals surface area contributed by atoms with Gasteiger partial charge in [-0.1, -0.05) is 91.3 Å². The van der Waals surface area contributed by atoms with Crippen LogP contribution in [0.25, 0.3) is 0 Å². The molecule has 2 saturated carbocycles. The number of benzene rings is 3. The molecule has 8 rings (SSSR count). The lowest BCUT2D eigenvalue weighted by Gasteiger charge is -2.67. The van der Waals surface area contributed by atoms with Gasteiger partial charge < -0.3 is 43.6 Å². The molecule has 0 radical (unpaired) electrons. The second-order valence-electron chi connectivity index (χ2n) is 18.0. The number of rotatable bonds is 10. The minimum atomic E-state index is -1.92. The van der Waals surface area contributed by atoms with Crippen molar-refractivity contribution in [2.45, 2.75) is 109 Å². The number of aliphatic hydroxyl groups is 1. The lowest BCUT2D eigenvalue weighted by molar-refractivity contribution is -0.351. The number of carbonyl (C=O) groups is 6. The van der Waals surface area contributed by atoms with Crippen LogP contribution in [0, 0.1) is 22.7 Å². The van der Waals surface area contributed by atoms with Crippen LogP contribution < -0.4 is 5.32 Å². The van der Waals surface area contributed by atoms with Crippen LogP contribution in [0.15, 0.2) is 101 Å². The normalized spacial score (nSPS) is 31.8. The largest absolute Gasteiger partial charge is 0.509 e. The second-order valence-corrected chi connectivity index (χ2v) is 18.9. The molecule has 15 nitrogen and oxygen atoms in total. The zero-order chi connectivity index (χ0) is 45.9. The number of hydrogen-bond donors (Lipinski definition) is 2. The first-order valence-corrected chi connectivity index (χ1v) is 22.0. The van der Waals surface area contributed by atoms with E-state index in [4.69, 9.17) is 33.2 Å². The van der Waals surface area contributed by atoms with Gasteiger partial charge in [0.1, 0.15) is 24.4 Å². The maximum absolute atomic E-state index is 14.4. The highest BCUT2D eigenvalue weighted by atomic mass is 79.9.